The third-order valence-electron chi connectivity index (χ3n) is 17.5. The number of esters is 3. The summed E-state index contributed by atoms with van der Waals surface area (Å²) >= 11 is 0. The summed E-state index contributed by atoms with van der Waals surface area (Å²) in [5, 5.41) is 25.2. The minimum absolute atomic E-state index is 0.0182. The summed E-state index contributed by atoms with van der Waals surface area (Å²) in [6, 6.07) is -5.04. The van der Waals surface area contributed by atoms with Gasteiger partial charge >= 0.3 is 17.9 Å². The highest BCUT2D eigenvalue weighted by atomic mass is 16.6. The Bertz CT molecular complexity index is 2830. The molecule has 5 rings (SSSR count). The van der Waals surface area contributed by atoms with Crippen molar-refractivity contribution in [3.8, 4) is 5.75 Å². The Hall–Kier alpha value is -7.91. The Morgan fingerprint density at radius 1 is 0.848 bits per heavy atom. The molecule has 28 nitrogen and oxygen atoms in total. The average Bonchev–Trinajstić information content (AvgIpc) is 1.58. The normalized spacial score (nSPS) is 26.1. The van der Waals surface area contributed by atoms with E-state index in [0.29, 0.717) is 30.6 Å². The number of nitrogens with zero attached hydrogens (tertiary/aromatic N) is 4. The van der Waals surface area contributed by atoms with Crippen LogP contribution in [0.1, 0.15) is 152 Å². The van der Waals surface area contributed by atoms with Gasteiger partial charge in [-0.05, 0) is 107 Å². The highest BCUT2D eigenvalue weighted by Gasteiger charge is 2.46. The number of methoxy groups -OCH3 is 1. The summed E-state index contributed by atoms with van der Waals surface area (Å²) in [6.45, 7) is 16.8. The van der Waals surface area contributed by atoms with Crippen molar-refractivity contribution in [1.82, 2.24) is 46.2 Å². The number of nitrogens with two attached hydrogens (primary N) is 1. The van der Waals surface area contributed by atoms with Crippen molar-refractivity contribution in [2.75, 3.05) is 34.3 Å². The number of nitrogens with one attached hydrogen (secondary N) is 5. The third-order valence-corrected chi connectivity index (χ3v) is 17.5. The predicted octanol–water partition coefficient (Wildman–Crippen LogP) is 0.691. The number of fused-ring (bicyclic) bond motifs is 1. The van der Waals surface area contributed by atoms with E-state index >= 15 is 14.4 Å². The molecule has 512 valence electrons. The standard InChI is InChI=1S/C64H98N10O18/c1-14-36(8)52-48(75)32-51(78)92-54(35(6)7)58(82)68-43(29-33(2)3)60(84)74-28-16-18-45(74)62(86)72(12)47(31-39-19-21-40(89-13)22-20-39)64(88)90-37(9)53(57(81)69-52)70-56(80)46(30-34(4)5)71(11)61(85)44-17-15-27-73(44)59(83)38(10)91-63(87)42(23-25-49(65)76)67-55(79)41-24-26-50(77)66-41/h19-22,33-38,41-48,52-54,75H,14-18,23-32H2,1-13H3,(H2,65,76)(H,66,77)(H,67,79)(H,68,82)(H,69,81)(H,70,80)/t36-,37-,38-,41?,42+,43-,44-,45-,46+,47-,48-,52-,53+,54-/m0/s1. The first kappa shape index (κ1) is 74.8. The number of cyclic esters (lactones) is 2. The van der Waals surface area contributed by atoms with Crippen LogP contribution in [0.25, 0.3) is 0 Å². The van der Waals surface area contributed by atoms with Crippen LogP contribution in [0.5, 0.6) is 5.75 Å². The van der Waals surface area contributed by atoms with Crippen molar-refractivity contribution in [3.63, 3.8) is 0 Å². The molecule has 4 fully saturated rings. The number of aliphatic hydroxyl groups excluding tert-OH is 1. The molecule has 0 aromatic heterocycles. The molecule has 1 aromatic carbocycles. The number of hydrogen-bond donors (Lipinski definition) is 7. The third kappa shape index (κ3) is 20.0. The molecule has 8 N–H and O–H groups in total. The highest BCUT2D eigenvalue weighted by molar-refractivity contribution is 5.98. The molecular formula is C64H98N10O18. The number of aliphatic hydroxyl groups is 1. The zero-order valence-electron chi connectivity index (χ0n) is 55.5. The van der Waals surface area contributed by atoms with E-state index in [-0.39, 0.29) is 88.6 Å². The van der Waals surface area contributed by atoms with E-state index in [1.807, 2.05) is 13.8 Å². The Morgan fingerprint density at radius 3 is 2.10 bits per heavy atom. The molecule has 1 unspecified atom stereocenters. The van der Waals surface area contributed by atoms with Crippen molar-refractivity contribution in [2.45, 2.75) is 232 Å². The van der Waals surface area contributed by atoms with Crippen LogP contribution in [-0.4, -0.2) is 215 Å². The number of benzene rings is 1. The van der Waals surface area contributed by atoms with Crippen LogP contribution in [0.4, 0.5) is 0 Å². The molecule has 1 aromatic rings. The summed E-state index contributed by atoms with van der Waals surface area (Å²) < 4.78 is 22.9. The van der Waals surface area contributed by atoms with E-state index < -0.39 is 168 Å². The van der Waals surface area contributed by atoms with E-state index in [1.165, 1.54) is 49.8 Å². The first-order chi connectivity index (χ1) is 43.3. The van der Waals surface area contributed by atoms with Gasteiger partial charge in [0.1, 0.15) is 60.2 Å². The van der Waals surface area contributed by atoms with Crippen molar-refractivity contribution in [1.29, 1.82) is 0 Å². The maximum atomic E-state index is 15.2. The van der Waals surface area contributed by atoms with Crippen LogP contribution in [0.2, 0.25) is 0 Å². The van der Waals surface area contributed by atoms with Gasteiger partial charge in [0.05, 0.1) is 25.7 Å². The van der Waals surface area contributed by atoms with Crippen LogP contribution in [-0.2, 0) is 83.0 Å². The minimum Gasteiger partial charge on any atom is -0.497 e. The summed E-state index contributed by atoms with van der Waals surface area (Å²) in [5.74, 6) is -11.5. The van der Waals surface area contributed by atoms with Gasteiger partial charge in [0.2, 0.25) is 47.3 Å². The highest BCUT2D eigenvalue weighted by Crippen LogP contribution is 2.28. The summed E-state index contributed by atoms with van der Waals surface area (Å²) in [6.07, 6.45) is -6.01. The van der Waals surface area contributed by atoms with Crippen molar-refractivity contribution < 1.29 is 86.4 Å². The van der Waals surface area contributed by atoms with Gasteiger partial charge in [-0.3, -0.25) is 52.7 Å². The van der Waals surface area contributed by atoms with Gasteiger partial charge in [0, 0.05) is 46.4 Å². The molecule has 92 heavy (non-hydrogen) atoms. The maximum absolute atomic E-state index is 15.2. The Labute approximate surface area is 538 Å². The Morgan fingerprint density at radius 2 is 1.51 bits per heavy atom. The molecule has 4 aliphatic rings. The number of carbonyl (C=O) groups excluding carboxylic acids is 13. The van der Waals surface area contributed by atoms with Crippen LogP contribution < -0.4 is 37.1 Å². The molecule has 0 radical (unpaired) electrons. The zero-order chi connectivity index (χ0) is 68.6. The molecule has 4 aliphatic heterocycles. The lowest BCUT2D eigenvalue weighted by Gasteiger charge is -2.36. The summed E-state index contributed by atoms with van der Waals surface area (Å²) in [5.41, 5.74) is 5.90. The maximum Gasteiger partial charge on any atom is 0.329 e. The van der Waals surface area contributed by atoms with Crippen molar-refractivity contribution >= 4 is 77.0 Å². The lowest BCUT2D eigenvalue weighted by molar-refractivity contribution is -0.163. The second-order valence-electron chi connectivity index (χ2n) is 26.0. The largest absolute Gasteiger partial charge is 0.497 e. The molecule has 0 saturated carbocycles. The van der Waals surface area contributed by atoms with Gasteiger partial charge in [-0.1, -0.05) is 73.9 Å². The van der Waals surface area contributed by atoms with Gasteiger partial charge in [-0.25, -0.2) is 9.59 Å². The number of amides is 10. The number of ether oxygens (including phenoxy) is 4. The van der Waals surface area contributed by atoms with E-state index in [1.54, 1.807) is 65.8 Å². The van der Waals surface area contributed by atoms with Gasteiger partial charge in [0.15, 0.2) is 12.2 Å². The second kappa shape index (κ2) is 34.1. The molecular weight excluding hydrogens is 1200 g/mol. The minimum atomic E-state index is -1.82. The molecule has 4 heterocycles. The van der Waals surface area contributed by atoms with Gasteiger partial charge in [-0.2, -0.15) is 0 Å². The average molecular weight is 1300 g/mol. The van der Waals surface area contributed by atoms with Gasteiger partial charge in [-0.15, -0.1) is 0 Å². The van der Waals surface area contributed by atoms with Crippen LogP contribution in [0.3, 0.4) is 0 Å². The fourth-order valence-electron chi connectivity index (χ4n) is 12.0. The monoisotopic (exact) mass is 1290 g/mol. The molecule has 28 heteroatoms. The van der Waals surface area contributed by atoms with Crippen LogP contribution in [0.15, 0.2) is 24.3 Å². The molecule has 14 atom stereocenters. The zero-order valence-corrected chi connectivity index (χ0v) is 55.5. The lowest BCUT2D eigenvalue weighted by Crippen LogP contribution is -2.62. The second-order valence-corrected chi connectivity index (χ2v) is 26.0. The topological polar surface area (TPSA) is 378 Å². The van der Waals surface area contributed by atoms with E-state index in [2.05, 4.69) is 26.6 Å². The number of likely N-dealkylation sites (N-methyl/N-ethyl adjacent to an activating group) is 2. The first-order valence-electron chi connectivity index (χ1n) is 32.1. The number of rotatable bonds is 22. The van der Waals surface area contributed by atoms with E-state index in [9.17, 15) is 53.1 Å². The fraction of sp³-hybridized carbons (Fsp3) is 0.703. The molecule has 0 aliphatic carbocycles. The number of likely N-dealkylation sites (tertiary alicyclic amines) is 1. The van der Waals surface area contributed by atoms with E-state index in [4.69, 9.17) is 24.7 Å². The molecule has 0 bridgehead atoms. The first-order valence-corrected chi connectivity index (χ1v) is 32.1. The molecule has 4 saturated heterocycles. The fourth-order valence-corrected chi connectivity index (χ4v) is 12.0. The van der Waals surface area contributed by atoms with Crippen molar-refractivity contribution in [2.24, 2.45) is 29.4 Å². The van der Waals surface area contributed by atoms with E-state index in [0.717, 1.165) is 4.90 Å². The molecule has 0 spiro atoms. The summed E-state index contributed by atoms with van der Waals surface area (Å²) in [4.78, 5) is 187. The Balaban J connectivity index is 1.52. The van der Waals surface area contributed by atoms with Crippen LogP contribution >= 0.6 is 0 Å². The van der Waals surface area contributed by atoms with Gasteiger partial charge < -0.3 is 76.0 Å². The molecule has 10 amide bonds. The van der Waals surface area contributed by atoms with Crippen molar-refractivity contribution in [3.05, 3.63) is 29.8 Å². The lowest BCUT2D eigenvalue weighted by atomic mass is 9.92. The summed E-state index contributed by atoms with van der Waals surface area (Å²) in [7, 11) is 4.22. The number of hydrogen-bond acceptors (Lipinski definition) is 18. The van der Waals surface area contributed by atoms with Gasteiger partial charge in [0.25, 0.3) is 11.8 Å². The smallest absolute Gasteiger partial charge is 0.329 e. The Kier molecular flexibility index (Phi) is 27.8. The SMILES string of the molecule is CC[C@H](C)[C@@H]1NC(=O)[C@H](NC(=O)[C@@H](CC(C)C)N(C)C(=O)[C@@H]2CCCN2C(=O)[C@H](C)OC(=O)[C@@H](CCC(N)=O)NC(=O)C2CCC(=O)N2)[C@H](C)OC(=O)[C@H](Cc2ccc(OC)cc2)N(C)C(=O)[C@@H]2CCCN2C(=O)[C@H](CC(C)C)NC(=O)[C@H](C(C)C)OC(=O)C[C@@H]1O. The quantitative estimate of drug-likeness (QED) is 0.0620. The predicted molar refractivity (Wildman–Crippen MR) is 331 cm³/mol. The van der Waals surface area contributed by atoms with Crippen LogP contribution in [0, 0.1) is 23.7 Å². The number of primary amides is 1. The number of carbonyl (C=O) groups is 13.